The number of carbonyl (C=O) groups is 2. The van der Waals surface area contributed by atoms with Gasteiger partial charge in [0.2, 0.25) is 6.10 Å². The van der Waals surface area contributed by atoms with Crippen molar-refractivity contribution in [2.24, 2.45) is 0 Å². The molecule has 1 N–H and O–H groups in total. The highest BCUT2D eigenvalue weighted by atomic mass is 32.1. The number of esters is 1. The van der Waals surface area contributed by atoms with Gasteiger partial charge >= 0.3 is 5.97 Å². The molecule has 0 saturated heterocycles. The van der Waals surface area contributed by atoms with Crippen molar-refractivity contribution in [1.29, 1.82) is 0 Å². The van der Waals surface area contributed by atoms with Crippen molar-refractivity contribution in [3.05, 3.63) is 94.3 Å². The number of amides is 1. The molecule has 156 valence electrons. The van der Waals surface area contributed by atoms with Gasteiger partial charge in [-0.15, -0.1) is 11.3 Å². The van der Waals surface area contributed by atoms with Crippen LogP contribution in [-0.2, 0) is 16.1 Å². The number of hydrogen-bond donors (Lipinski definition) is 1. The third kappa shape index (κ3) is 4.90. The highest BCUT2D eigenvalue weighted by Gasteiger charge is 2.26. The maximum absolute atomic E-state index is 13.1. The quantitative estimate of drug-likeness (QED) is 0.435. The van der Waals surface area contributed by atoms with Crippen molar-refractivity contribution < 1.29 is 19.1 Å². The summed E-state index contributed by atoms with van der Waals surface area (Å²) in [6.45, 7) is 0.297. The van der Waals surface area contributed by atoms with Crippen molar-refractivity contribution in [3.8, 4) is 5.75 Å². The summed E-state index contributed by atoms with van der Waals surface area (Å²) in [5.74, 6) is -0.197. The SMILES string of the molecule is COc1ccc(CNC(=O)[C@@H](OC(=O)c2cccs2)c2ccc3ncccc3c2)cc1. The standard InChI is InChI=1S/C24H20N2O4S/c1-29-19-9-6-16(7-10-19)15-26-23(27)22(30-24(28)21-5-3-13-31-21)18-8-11-20-17(14-18)4-2-12-25-20/h2-14,22H,15H2,1H3,(H,26,27)/t22-/m0/s1. The predicted octanol–water partition coefficient (Wildman–Crippen LogP) is 4.52. The Kier molecular flexibility index (Phi) is 6.24. The number of rotatable bonds is 7. The molecule has 0 spiro atoms. The molecule has 7 heteroatoms. The van der Waals surface area contributed by atoms with Crippen molar-refractivity contribution in [2.45, 2.75) is 12.6 Å². The Morgan fingerprint density at radius 1 is 1.06 bits per heavy atom. The second kappa shape index (κ2) is 9.40. The highest BCUT2D eigenvalue weighted by molar-refractivity contribution is 7.11. The Morgan fingerprint density at radius 2 is 1.90 bits per heavy atom. The Balaban J connectivity index is 1.56. The number of aromatic nitrogens is 1. The minimum atomic E-state index is -1.09. The van der Waals surface area contributed by atoms with Gasteiger partial charge in [0.05, 0.1) is 12.6 Å². The molecule has 0 aliphatic carbocycles. The first-order valence-corrected chi connectivity index (χ1v) is 10.5. The second-order valence-corrected chi connectivity index (χ2v) is 7.73. The van der Waals surface area contributed by atoms with Gasteiger partial charge in [-0.2, -0.15) is 0 Å². The summed E-state index contributed by atoms with van der Waals surface area (Å²) < 4.78 is 10.8. The molecular weight excluding hydrogens is 412 g/mol. The van der Waals surface area contributed by atoms with Gasteiger partial charge in [0.15, 0.2) is 0 Å². The van der Waals surface area contributed by atoms with Crippen LogP contribution in [0.5, 0.6) is 5.75 Å². The number of ether oxygens (including phenoxy) is 2. The molecule has 0 saturated carbocycles. The smallest absolute Gasteiger partial charge is 0.349 e. The van der Waals surface area contributed by atoms with Crippen LogP contribution in [0, 0.1) is 0 Å². The van der Waals surface area contributed by atoms with Crippen LogP contribution in [-0.4, -0.2) is 24.0 Å². The van der Waals surface area contributed by atoms with E-state index in [9.17, 15) is 9.59 Å². The summed E-state index contributed by atoms with van der Waals surface area (Å²) in [5.41, 5.74) is 2.28. The lowest BCUT2D eigenvalue weighted by Crippen LogP contribution is -2.31. The summed E-state index contributed by atoms with van der Waals surface area (Å²) in [5, 5.41) is 5.51. The number of methoxy groups -OCH3 is 1. The highest BCUT2D eigenvalue weighted by Crippen LogP contribution is 2.25. The average molecular weight is 433 g/mol. The Labute approximate surface area is 183 Å². The number of thiophene rings is 1. The van der Waals surface area contributed by atoms with E-state index >= 15 is 0 Å². The fraction of sp³-hybridized carbons (Fsp3) is 0.125. The topological polar surface area (TPSA) is 77.5 Å². The van der Waals surface area contributed by atoms with E-state index in [1.165, 1.54) is 11.3 Å². The Morgan fingerprint density at radius 3 is 2.65 bits per heavy atom. The van der Waals surface area contributed by atoms with Gasteiger partial charge in [0.1, 0.15) is 10.6 Å². The largest absolute Gasteiger partial charge is 0.497 e. The summed E-state index contributed by atoms with van der Waals surface area (Å²) >= 11 is 1.27. The first kappa shape index (κ1) is 20.6. The minimum absolute atomic E-state index is 0.297. The molecule has 0 aliphatic rings. The third-order valence-electron chi connectivity index (χ3n) is 4.74. The molecule has 0 fully saturated rings. The predicted molar refractivity (Wildman–Crippen MR) is 119 cm³/mol. The van der Waals surface area contributed by atoms with Crippen LogP contribution < -0.4 is 10.1 Å². The van der Waals surface area contributed by atoms with E-state index in [4.69, 9.17) is 9.47 Å². The van der Waals surface area contributed by atoms with Gasteiger partial charge in [0, 0.05) is 23.7 Å². The zero-order valence-corrected chi connectivity index (χ0v) is 17.6. The summed E-state index contributed by atoms with van der Waals surface area (Å²) in [7, 11) is 1.60. The Bertz CT molecular complexity index is 1190. The number of pyridine rings is 1. The van der Waals surface area contributed by atoms with Crippen LogP contribution in [0.2, 0.25) is 0 Å². The third-order valence-corrected chi connectivity index (χ3v) is 5.59. The summed E-state index contributed by atoms with van der Waals surface area (Å²) in [6.07, 6.45) is 0.621. The van der Waals surface area contributed by atoms with E-state index in [-0.39, 0.29) is 0 Å². The Hall–Kier alpha value is -3.71. The molecule has 1 atom stereocenters. The molecule has 0 bridgehead atoms. The van der Waals surface area contributed by atoms with Gasteiger partial charge in [-0.25, -0.2) is 4.79 Å². The molecule has 31 heavy (non-hydrogen) atoms. The van der Waals surface area contributed by atoms with Crippen molar-refractivity contribution in [3.63, 3.8) is 0 Å². The average Bonchev–Trinajstić information content (AvgIpc) is 3.36. The van der Waals surface area contributed by atoms with E-state index < -0.39 is 18.0 Å². The van der Waals surface area contributed by atoms with Crippen molar-refractivity contribution in [2.75, 3.05) is 7.11 Å². The number of benzene rings is 2. The van der Waals surface area contributed by atoms with Crippen LogP contribution in [0.1, 0.15) is 26.9 Å². The van der Waals surface area contributed by atoms with Crippen LogP contribution >= 0.6 is 11.3 Å². The van der Waals surface area contributed by atoms with E-state index in [0.717, 1.165) is 22.2 Å². The molecule has 2 heterocycles. The van der Waals surface area contributed by atoms with Crippen molar-refractivity contribution >= 4 is 34.1 Å². The first-order valence-electron chi connectivity index (χ1n) is 9.64. The molecule has 4 rings (SSSR count). The fourth-order valence-corrected chi connectivity index (χ4v) is 3.72. The van der Waals surface area contributed by atoms with Gasteiger partial charge in [0.25, 0.3) is 5.91 Å². The van der Waals surface area contributed by atoms with Crippen LogP contribution in [0.4, 0.5) is 0 Å². The lowest BCUT2D eigenvalue weighted by molar-refractivity contribution is -0.130. The van der Waals surface area contributed by atoms with E-state index in [1.807, 2.05) is 48.5 Å². The zero-order valence-electron chi connectivity index (χ0n) is 16.8. The lowest BCUT2D eigenvalue weighted by Gasteiger charge is -2.18. The van der Waals surface area contributed by atoms with Gasteiger partial charge < -0.3 is 14.8 Å². The molecule has 2 aromatic carbocycles. The van der Waals surface area contributed by atoms with Gasteiger partial charge in [-0.3, -0.25) is 9.78 Å². The maximum atomic E-state index is 13.1. The monoisotopic (exact) mass is 432 g/mol. The van der Waals surface area contributed by atoms with E-state index in [1.54, 1.807) is 36.9 Å². The van der Waals surface area contributed by atoms with Crippen molar-refractivity contribution in [1.82, 2.24) is 10.3 Å². The van der Waals surface area contributed by atoms with E-state index in [2.05, 4.69) is 10.3 Å². The van der Waals surface area contributed by atoms with Gasteiger partial charge in [-0.05, 0) is 47.3 Å². The molecule has 6 nitrogen and oxygen atoms in total. The summed E-state index contributed by atoms with van der Waals surface area (Å²) in [4.78, 5) is 30.4. The molecule has 1 amide bonds. The number of nitrogens with zero attached hydrogens (tertiary/aromatic N) is 1. The first-order chi connectivity index (χ1) is 15.1. The molecule has 0 radical (unpaired) electrons. The molecule has 0 unspecified atom stereocenters. The van der Waals surface area contributed by atoms with E-state index in [0.29, 0.717) is 17.0 Å². The van der Waals surface area contributed by atoms with Crippen LogP contribution in [0.3, 0.4) is 0 Å². The number of hydrogen-bond acceptors (Lipinski definition) is 6. The molecule has 4 aromatic rings. The van der Waals surface area contributed by atoms with Crippen LogP contribution in [0.25, 0.3) is 10.9 Å². The number of fused-ring (bicyclic) bond motifs is 1. The maximum Gasteiger partial charge on any atom is 0.349 e. The zero-order chi connectivity index (χ0) is 21.6. The number of nitrogens with one attached hydrogen (secondary N) is 1. The second-order valence-electron chi connectivity index (χ2n) is 6.78. The molecule has 2 aromatic heterocycles. The van der Waals surface area contributed by atoms with Gasteiger partial charge in [-0.1, -0.05) is 30.3 Å². The normalized spacial score (nSPS) is 11.6. The summed E-state index contributed by atoms with van der Waals surface area (Å²) in [6, 6.07) is 19.9. The molecule has 0 aliphatic heterocycles. The number of carbonyl (C=O) groups excluding carboxylic acids is 2. The minimum Gasteiger partial charge on any atom is -0.497 e. The van der Waals surface area contributed by atoms with Crippen LogP contribution in [0.15, 0.2) is 78.3 Å². The molecular formula is C24H20N2O4S. The lowest BCUT2D eigenvalue weighted by atomic mass is 10.1. The fourth-order valence-electron chi connectivity index (χ4n) is 3.12.